The number of anilines is 1. The Labute approximate surface area is 211 Å². The Hall–Kier alpha value is -3.79. The van der Waals surface area contributed by atoms with Crippen LogP contribution < -0.4 is 10.5 Å². The molecule has 4 heterocycles. The van der Waals surface area contributed by atoms with E-state index in [9.17, 15) is 18.0 Å². The maximum Gasteiger partial charge on any atom is 0.261 e. The zero-order valence-corrected chi connectivity index (χ0v) is 21.1. The van der Waals surface area contributed by atoms with E-state index in [1.54, 1.807) is 26.2 Å². The standard InChI is InChI=1S/C27H26F3N5O2/c1-14-8-16(6-7-31-14)22-12-35(13-27(3,4)37-22)23-10-18-25(32-15(2)34(5)26(18)36)24(33-23)17-9-20(29)21(30)11-19(17)28/h6-11,22H,12-13H2,1-5H3/t22-/m1/s1. The van der Waals surface area contributed by atoms with Crippen LogP contribution in [-0.4, -0.2) is 38.2 Å². The van der Waals surface area contributed by atoms with Gasteiger partial charge in [0.15, 0.2) is 11.6 Å². The number of benzene rings is 1. The van der Waals surface area contributed by atoms with Crippen LogP contribution in [0.1, 0.15) is 37.0 Å². The lowest BCUT2D eigenvalue weighted by molar-refractivity contribution is -0.0857. The number of aryl methyl sites for hydroxylation is 2. The topological polar surface area (TPSA) is 73.1 Å². The molecule has 3 aromatic heterocycles. The quantitative estimate of drug-likeness (QED) is 0.370. The van der Waals surface area contributed by atoms with Crippen molar-refractivity contribution in [1.29, 1.82) is 0 Å². The maximum absolute atomic E-state index is 14.9. The smallest absolute Gasteiger partial charge is 0.261 e. The van der Waals surface area contributed by atoms with Crippen molar-refractivity contribution in [1.82, 2.24) is 19.5 Å². The van der Waals surface area contributed by atoms with Crippen LogP contribution in [-0.2, 0) is 11.8 Å². The fourth-order valence-corrected chi connectivity index (χ4v) is 4.72. The minimum Gasteiger partial charge on any atom is -0.364 e. The van der Waals surface area contributed by atoms with Crippen LogP contribution in [0, 0.1) is 31.3 Å². The summed E-state index contributed by atoms with van der Waals surface area (Å²) < 4.78 is 50.6. The number of nitrogens with zero attached hydrogens (tertiary/aromatic N) is 5. The van der Waals surface area contributed by atoms with Gasteiger partial charge in [-0.15, -0.1) is 0 Å². The van der Waals surface area contributed by atoms with Crippen LogP contribution in [0.5, 0.6) is 0 Å². The fraction of sp³-hybridized carbons (Fsp3) is 0.333. The number of pyridine rings is 2. The van der Waals surface area contributed by atoms with Crippen LogP contribution in [0.3, 0.4) is 0 Å². The second-order valence-electron chi connectivity index (χ2n) is 9.97. The minimum absolute atomic E-state index is 0.0368. The van der Waals surface area contributed by atoms with Crippen molar-refractivity contribution < 1.29 is 17.9 Å². The van der Waals surface area contributed by atoms with Crippen molar-refractivity contribution in [3.63, 3.8) is 0 Å². The highest BCUT2D eigenvalue weighted by atomic mass is 19.2. The van der Waals surface area contributed by atoms with Crippen molar-refractivity contribution in [3.05, 3.63) is 81.4 Å². The first-order chi connectivity index (χ1) is 17.4. The van der Waals surface area contributed by atoms with Gasteiger partial charge in [-0.05, 0) is 57.5 Å². The summed E-state index contributed by atoms with van der Waals surface area (Å²) in [5.41, 5.74) is 0.630. The summed E-state index contributed by atoms with van der Waals surface area (Å²) in [6, 6.07) is 6.66. The molecule has 0 bridgehead atoms. The molecule has 1 saturated heterocycles. The van der Waals surface area contributed by atoms with Gasteiger partial charge >= 0.3 is 0 Å². The molecule has 192 valence electrons. The molecule has 1 aliphatic heterocycles. The van der Waals surface area contributed by atoms with Gasteiger partial charge in [-0.3, -0.25) is 14.3 Å². The molecule has 0 aliphatic carbocycles. The first-order valence-electron chi connectivity index (χ1n) is 11.8. The number of aromatic nitrogens is 4. The van der Waals surface area contributed by atoms with Crippen LogP contribution >= 0.6 is 0 Å². The molecule has 10 heteroatoms. The zero-order chi connectivity index (χ0) is 26.6. The van der Waals surface area contributed by atoms with Gasteiger partial charge in [0.05, 0.1) is 11.0 Å². The average Bonchev–Trinajstić information content (AvgIpc) is 2.83. The maximum atomic E-state index is 14.9. The van der Waals surface area contributed by atoms with Gasteiger partial charge in [-0.2, -0.15) is 0 Å². The monoisotopic (exact) mass is 509 g/mol. The van der Waals surface area contributed by atoms with E-state index in [0.717, 1.165) is 17.3 Å². The second-order valence-corrected chi connectivity index (χ2v) is 9.97. The molecule has 1 atom stereocenters. The van der Waals surface area contributed by atoms with Gasteiger partial charge < -0.3 is 9.64 Å². The number of halogens is 3. The van der Waals surface area contributed by atoms with Gasteiger partial charge in [0, 0.05) is 43.7 Å². The lowest BCUT2D eigenvalue weighted by Crippen LogP contribution is -2.50. The Morgan fingerprint density at radius 2 is 1.76 bits per heavy atom. The first kappa shape index (κ1) is 24.9. The molecule has 1 aliphatic rings. The van der Waals surface area contributed by atoms with E-state index in [1.165, 1.54) is 4.57 Å². The number of rotatable bonds is 3. The zero-order valence-electron chi connectivity index (χ0n) is 21.1. The van der Waals surface area contributed by atoms with Crippen molar-refractivity contribution >= 4 is 16.7 Å². The van der Waals surface area contributed by atoms with Crippen molar-refractivity contribution in [2.75, 3.05) is 18.0 Å². The van der Waals surface area contributed by atoms with E-state index in [1.807, 2.05) is 37.8 Å². The van der Waals surface area contributed by atoms with E-state index in [4.69, 9.17) is 4.74 Å². The van der Waals surface area contributed by atoms with Crippen LogP contribution in [0.4, 0.5) is 19.0 Å². The van der Waals surface area contributed by atoms with Crippen LogP contribution in [0.15, 0.2) is 41.3 Å². The summed E-state index contributed by atoms with van der Waals surface area (Å²) >= 11 is 0. The third kappa shape index (κ3) is 4.57. The SMILES string of the molecule is Cc1cc([C@H]2CN(c3cc4c(=O)n(C)c(C)nc4c(-c4cc(F)c(F)cc4F)n3)CC(C)(C)O2)ccn1. The first-order valence-corrected chi connectivity index (χ1v) is 11.8. The third-order valence-corrected chi connectivity index (χ3v) is 6.57. The molecule has 0 spiro atoms. The molecule has 0 N–H and O–H groups in total. The molecule has 4 aromatic rings. The van der Waals surface area contributed by atoms with E-state index < -0.39 is 23.1 Å². The summed E-state index contributed by atoms with van der Waals surface area (Å²) in [5, 5.41) is 0.192. The van der Waals surface area contributed by atoms with Gasteiger partial charge in [-0.1, -0.05) is 0 Å². The van der Waals surface area contributed by atoms with Gasteiger partial charge in [0.2, 0.25) is 0 Å². The molecule has 0 saturated carbocycles. The highest BCUT2D eigenvalue weighted by molar-refractivity contribution is 5.93. The molecule has 37 heavy (non-hydrogen) atoms. The Kier molecular flexibility index (Phi) is 6.02. The summed E-state index contributed by atoms with van der Waals surface area (Å²) in [6.45, 7) is 8.23. The summed E-state index contributed by atoms with van der Waals surface area (Å²) in [4.78, 5) is 28.6. The number of hydrogen-bond donors (Lipinski definition) is 0. The van der Waals surface area contributed by atoms with Crippen molar-refractivity contribution in [2.24, 2.45) is 7.05 Å². The second kappa shape index (κ2) is 8.95. The minimum atomic E-state index is -1.31. The van der Waals surface area contributed by atoms with Gasteiger partial charge in [-0.25, -0.2) is 23.1 Å². The fourth-order valence-electron chi connectivity index (χ4n) is 4.72. The highest BCUT2D eigenvalue weighted by Gasteiger charge is 2.35. The normalized spacial score (nSPS) is 17.4. The van der Waals surface area contributed by atoms with Crippen molar-refractivity contribution in [2.45, 2.75) is 39.4 Å². The predicted octanol–water partition coefficient (Wildman–Crippen LogP) is 4.78. The number of fused-ring (bicyclic) bond motifs is 1. The molecular formula is C27H26F3N5O2. The average molecular weight is 510 g/mol. The van der Waals surface area contributed by atoms with Crippen LogP contribution in [0.25, 0.3) is 22.2 Å². The summed E-state index contributed by atoms with van der Waals surface area (Å²) in [5.74, 6) is -2.79. The van der Waals surface area contributed by atoms with E-state index in [-0.39, 0.29) is 33.8 Å². The molecule has 7 nitrogen and oxygen atoms in total. The Morgan fingerprint density at radius 3 is 2.49 bits per heavy atom. The molecule has 1 fully saturated rings. The van der Waals surface area contributed by atoms with E-state index in [2.05, 4.69) is 15.0 Å². The van der Waals surface area contributed by atoms with Gasteiger partial charge in [0.1, 0.15) is 34.8 Å². The summed E-state index contributed by atoms with van der Waals surface area (Å²) in [6.07, 6.45) is 1.39. The van der Waals surface area contributed by atoms with Gasteiger partial charge in [0.25, 0.3) is 5.56 Å². The molecular weight excluding hydrogens is 483 g/mol. The number of morpholine rings is 1. The third-order valence-electron chi connectivity index (χ3n) is 6.57. The van der Waals surface area contributed by atoms with E-state index in [0.29, 0.717) is 30.8 Å². The Morgan fingerprint density at radius 1 is 1.03 bits per heavy atom. The highest BCUT2D eigenvalue weighted by Crippen LogP contribution is 2.36. The lowest BCUT2D eigenvalue weighted by Gasteiger charge is -2.43. The molecule has 0 amide bonds. The lowest BCUT2D eigenvalue weighted by atomic mass is 10.0. The Balaban J connectivity index is 1.72. The van der Waals surface area contributed by atoms with Crippen LogP contribution in [0.2, 0.25) is 0 Å². The number of ether oxygens (including phenoxy) is 1. The summed E-state index contributed by atoms with van der Waals surface area (Å²) in [7, 11) is 1.58. The van der Waals surface area contributed by atoms with Crippen molar-refractivity contribution in [3.8, 4) is 11.3 Å². The largest absolute Gasteiger partial charge is 0.364 e. The molecule has 1 aromatic carbocycles. The predicted molar refractivity (Wildman–Crippen MR) is 134 cm³/mol. The molecule has 0 unspecified atom stereocenters. The van der Waals surface area contributed by atoms with E-state index >= 15 is 0 Å². The Bertz CT molecular complexity index is 1600. The molecule has 0 radical (unpaired) electrons. The molecule has 5 rings (SSSR count). The number of hydrogen-bond acceptors (Lipinski definition) is 6.